The number of nitrogens with zero attached hydrogens (tertiary/aromatic N) is 1. The molecule has 1 aromatic rings. The second-order valence-corrected chi connectivity index (χ2v) is 6.04. The van der Waals surface area contributed by atoms with E-state index in [-0.39, 0.29) is 23.8 Å². The highest BCUT2D eigenvalue weighted by Gasteiger charge is 2.35. The quantitative estimate of drug-likeness (QED) is 0.572. The zero-order valence-corrected chi connectivity index (χ0v) is 12.2. The van der Waals surface area contributed by atoms with Crippen LogP contribution in [0.3, 0.4) is 0 Å². The van der Waals surface area contributed by atoms with Gasteiger partial charge in [0.1, 0.15) is 5.69 Å². The minimum atomic E-state index is -0.441. The molecule has 0 saturated heterocycles. The van der Waals surface area contributed by atoms with E-state index in [0.29, 0.717) is 17.8 Å². The summed E-state index contributed by atoms with van der Waals surface area (Å²) in [4.78, 5) is 10.6. The predicted molar refractivity (Wildman–Crippen MR) is 80.1 cm³/mol. The average molecular weight is 294 g/mol. The molecule has 1 aliphatic carbocycles. The van der Waals surface area contributed by atoms with Crippen LogP contribution in [0.15, 0.2) is 18.2 Å². The highest BCUT2D eigenvalue weighted by Crippen LogP contribution is 2.37. The third-order valence-electron chi connectivity index (χ3n) is 4.40. The summed E-state index contributed by atoms with van der Waals surface area (Å²) in [5.74, 6) is 0. The Balaban J connectivity index is 2.16. The Morgan fingerprint density at radius 3 is 2.86 bits per heavy atom. The van der Waals surface area contributed by atoms with E-state index >= 15 is 0 Å². The van der Waals surface area contributed by atoms with Crippen molar-refractivity contribution in [1.29, 1.82) is 0 Å². The van der Waals surface area contributed by atoms with E-state index in [1.54, 1.807) is 12.1 Å². The van der Waals surface area contributed by atoms with Gasteiger partial charge in [-0.05, 0) is 30.5 Å². The first-order valence-corrected chi connectivity index (χ1v) is 7.26. The fourth-order valence-electron chi connectivity index (χ4n) is 2.87. The van der Waals surface area contributed by atoms with E-state index in [0.717, 1.165) is 25.7 Å². The van der Waals surface area contributed by atoms with Gasteiger partial charge in [0.05, 0.1) is 17.6 Å². The lowest BCUT2D eigenvalue weighted by Crippen LogP contribution is -2.41. The van der Waals surface area contributed by atoms with Gasteiger partial charge in [0.25, 0.3) is 5.69 Å². The van der Waals surface area contributed by atoms with Gasteiger partial charge >= 0.3 is 0 Å². The van der Waals surface area contributed by atoms with Crippen LogP contribution in [0.1, 0.15) is 38.2 Å². The molecule has 0 heterocycles. The molecule has 6 nitrogen and oxygen atoms in total. The van der Waals surface area contributed by atoms with E-state index in [9.17, 15) is 15.2 Å². The zero-order valence-electron chi connectivity index (χ0n) is 12.2. The van der Waals surface area contributed by atoms with Crippen LogP contribution in [0.4, 0.5) is 11.4 Å². The van der Waals surface area contributed by atoms with E-state index in [1.807, 2.05) is 6.92 Å². The Bertz CT molecular complexity index is 520. The molecule has 2 rings (SSSR count). The fourth-order valence-corrected chi connectivity index (χ4v) is 2.87. The molecule has 116 valence electrons. The lowest BCUT2D eigenvalue weighted by molar-refractivity contribution is -0.384. The fraction of sp³-hybridized carbons (Fsp3) is 0.600. The molecule has 0 amide bonds. The van der Waals surface area contributed by atoms with Gasteiger partial charge in [-0.15, -0.1) is 0 Å². The number of hydrogen-bond donors (Lipinski definition) is 3. The van der Waals surface area contributed by atoms with E-state index in [2.05, 4.69) is 5.32 Å². The molecule has 0 bridgehead atoms. The summed E-state index contributed by atoms with van der Waals surface area (Å²) >= 11 is 0. The van der Waals surface area contributed by atoms with Crippen molar-refractivity contribution in [3.63, 3.8) is 0 Å². The second-order valence-electron chi connectivity index (χ2n) is 6.04. The number of anilines is 1. The van der Waals surface area contributed by atoms with Crippen LogP contribution in [0.5, 0.6) is 0 Å². The molecule has 0 radical (unpaired) electrons. The summed E-state index contributed by atoms with van der Waals surface area (Å²) in [7, 11) is 0. The molecule has 1 fully saturated rings. The maximum atomic E-state index is 11.1. The number of rotatable bonds is 5. The van der Waals surface area contributed by atoms with Gasteiger partial charge < -0.3 is 15.5 Å². The molecule has 2 unspecified atom stereocenters. The topological polar surface area (TPSA) is 95.6 Å². The molecule has 0 aliphatic heterocycles. The standard InChI is InChI=1S/C15H22N2O4/c1-15(7-3-2-4-14(15)19)10-16-12-8-11(9-18)5-6-13(12)17(20)21/h5-6,8,14,16,18-19H,2-4,7,9-10H2,1H3. The van der Waals surface area contributed by atoms with Gasteiger partial charge in [0, 0.05) is 18.0 Å². The van der Waals surface area contributed by atoms with E-state index < -0.39 is 4.92 Å². The predicted octanol–water partition coefficient (Wildman–Crippen LogP) is 2.44. The maximum absolute atomic E-state index is 11.1. The van der Waals surface area contributed by atoms with Crippen LogP contribution >= 0.6 is 0 Å². The molecule has 1 saturated carbocycles. The van der Waals surface area contributed by atoms with Crippen molar-refractivity contribution in [2.45, 2.75) is 45.3 Å². The van der Waals surface area contributed by atoms with Gasteiger partial charge in [0.15, 0.2) is 0 Å². The molecule has 1 aromatic carbocycles. The Morgan fingerprint density at radius 2 is 2.24 bits per heavy atom. The molecular weight excluding hydrogens is 272 g/mol. The highest BCUT2D eigenvalue weighted by atomic mass is 16.6. The normalized spacial score (nSPS) is 25.6. The smallest absolute Gasteiger partial charge is 0.292 e. The van der Waals surface area contributed by atoms with Crippen LogP contribution in [0.25, 0.3) is 0 Å². The van der Waals surface area contributed by atoms with E-state index in [1.165, 1.54) is 6.07 Å². The number of nitro groups is 1. The van der Waals surface area contributed by atoms with Crippen molar-refractivity contribution in [1.82, 2.24) is 0 Å². The monoisotopic (exact) mass is 294 g/mol. The molecule has 6 heteroatoms. The number of aliphatic hydroxyl groups excluding tert-OH is 2. The zero-order chi connectivity index (χ0) is 15.5. The molecule has 2 atom stereocenters. The molecule has 3 N–H and O–H groups in total. The molecule has 0 spiro atoms. The van der Waals surface area contributed by atoms with Crippen molar-refractivity contribution < 1.29 is 15.1 Å². The SMILES string of the molecule is CC1(CNc2cc(CO)ccc2[N+](=O)[O-])CCCCC1O. The number of nitro benzene ring substituents is 1. The second kappa shape index (κ2) is 6.41. The lowest BCUT2D eigenvalue weighted by atomic mass is 9.73. The molecular formula is C15H22N2O4. The van der Waals surface area contributed by atoms with Gasteiger partial charge in [-0.1, -0.05) is 19.8 Å². The van der Waals surface area contributed by atoms with Crippen molar-refractivity contribution >= 4 is 11.4 Å². The van der Waals surface area contributed by atoms with Crippen molar-refractivity contribution in [3.8, 4) is 0 Å². The first kappa shape index (κ1) is 15.7. The Labute approximate surface area is 124 Å². The van der Waals surface area contributed by atoms with Gasteiger partial charge in [-0.2, -0.15) is 0 Å². The van der Waals surface area contributed by atoms with Crippen LogP contribution in [0.2, 0.25) is 0 Å². The third-order valence-corrected chi connectivity index (χ3v) is 4.40. The summed E-state index contributed by atoms with van der Waals surface area (Å²) in [5, 5.41) is 33.5. The Hall–Kier alpha value is -1.66. The van der Waals surface area contributed by atoms with Crippen LogP contribution < -0.4 is 5.32 Å². The minimum absolute atomic E-state index is 0.0129. The van der Waals surface area contributed by atoms with Crippen molar-refractivity contribution in [3.05, 3.63) is 33.9 Å². The summed E-state index contributed by atoms with van der Waals surface area (Å²) in [6, 6.07) is 4.53. The van der Waals surface area contributed by atoms with Crippen LogP contribution in [-0.4, -0.2) is 27.8 Å². The Kier molecular flexibility index (Phi) is 4.80. The Morgan fingerprint density at radius 1 is 1.48 bits per heavy atom. The maximum Gasteiger partial charge on any atom is 0.292 e. The first-order chi connectivity index (χ1) is 9.96. The van der Waals surface area contributed by atoms with Gasteiger partial charge in [0.2, 0.25) is 0 Å². The minimum Gasteiger partial charge on any atom is -0.392 e. The largest absolute Gasteiger partial charge is 0.392 e. The summed E-state index contributed by atoms with van der Waals surface area (Å²) < 4.78 is 0. The molecule has 21 heavy (non-hydrogen) atoms. The third kappa shape index (κ3) is 3.51. The van der Waals surface area contributed by atoms with E-state index in [4.69, 9.17) is 5.11 Å². The average Bonchev–Trinajstić information content (AvgIpc) is 2.48. The lowest BCUT2D eigenvalue weighted by Gasteiger charge is -2.38. The van der Waals surface area contributed by atoms with Gasteiger partial charge in [-0.3, -0.25) is 10.1 Å². The summed E-state index contributed by atoms with van der Waals surface area (Å²) in [6.07, 6.45) is 3.37. The number of nitrogens with one attached hydrogen (secondary N) is 1. The highest BCUT2D eigenvalue weighted by molar-refractivity contribution is 5.62. The summed E-state index contributed by atoms with van der Waals surface area (Å²) in [6.45, 7) is 2.32. The number of aliphatic hydroxyl groups is 2. The molecule has 1 aliphatic rings. The number of benzene rings is 1. The van der Waals surface area contributed by atoms with Gasteiger partial charge in [-0.25, -0.2) is 0 Å². The van der Waals surface area contributed by atoms with Crippen molar-refractivity contribution in [2.24, 2.45) is 5.41 Å². The number of hydrogen-bond acceptors (Lipinski definition) is 5. The summed E-state index contributed by atoms with van der Waals surface area (Å²) in [5.41, 5.74) is 0.727. The van der Waals surface area contributed by atoms with Crippen LogP contribution in [0, 0.1) is 15.5 Å². The van der Waals surface area contributed by atoms with Crippen LogP contribution in [-0.2, 0) is 6.61 Å². The van der Waals surface area contributed by atoms with Crippen molar-refractivity contribution in [2.75, 3.05) is 11.9 Å². The first-order valence-electron chi connectivity index (χ1n) is 7.26. The molecule has 0 aromatic heterocycles.